The van der Waals surface area contributed by atoms with Crippen molar-refractivity contribution in [2.75, 3.05) is 5.75 Å². The van der Waals surface area contributed by atoms with E-state index >= 15 is 0 Å². The van der Waals surface area contributed by atoms with Gasteiger partial charge in [-0.05, 0) is 24.3 Å². The van der Waals surface area contributed by atoms with E-state index in [0.29, 0.717) is 10.2 Å². The summed E-state index contributed by atoms with van der Waals surface area (Å²) in [6.07, 6.45) is 0. The summed E-state index contributed by atoms with van der Waals surface area (Å²) in [6, 6.07) is 17.8. The number of aliphatic hydroxyl groups is 1. The van der Waals surface area contributed by atoms with Gasteiger partial charge >= 0.3 is 0 Å². The first-order valence-electron chi connectivity index (χ1n) is 8.28. The first-order valence-corrected chi connectivity index (χ1v) is 10.9. The van der Waals surface area contributed by atoms with Crippen LogP contribution in [0.4, 0.5) is 0 Å². The van der Waals surface area contributed by atoms with Gasteiger partial charge < -0.3 is 5.11 Å². The zero-order valence-corrected chi connectivity index (χ0v) is 16.7. The third-order valence-electron chi connectivity index (χ3n) is 4.16. The average Bonchev–Trinajstić information content (AvgIpc) is 3.40. The molecule has 28 heavy (non-hydrogen) atoms. The average molecular weight is 422 g/mol. The monoisotopic (exact) mass is 421 g/mol. The molecule has 3 heterocycles. The van der Waals surface area contributed by atoms with Crippen LogP contribution in [0.5, 0.6) is 0 Å². The Labute approximate surface area is 171 Å². The van der Waals surface area contributed by atoms with Crippen molar-refractivity contribution in [3.8, 4) is 6.07 Å². The third-order valence-corrected chi connectivity index (χ3v) is 7.16. The summed E-state index contributed by atoms with van der Waals surface area (Å²) in [5.74, 6) is 0.201. The summed E-state index contributed by atoms with van der Waals surface area (Å²) in [5, 5.41) is 29.8. The number of benzene rings is 2. The number of nitriles is 1. The van der Waals surface area contributed by atoms with E-state index in [1.165, 1.54) is 23.1 Å². The van der Waals surface area contributed by atoms with Crippen molar-refractivity contribution in [1.82, 2.24) is 19.6 Å². The molecule has 0 unspecified atom stereocenters. The molecule has 0 radical (unpaired) electrons. The zero-order valence-electron chi connectivity index (χ0n) is 14.2. The smallest absolute Gasteiger partial charge is 0.217 e. The normalized spacial score (nSPS) is 12.5. The van der Waals surface area contributed by atoms with Crippen molar-refractivity contribution < 1.29 is 5.11 Å². The first-order chi connectivity index (χ1) is 13.7. The van der Waals surface area contributed by atoms with Crippen molar-refractivity contribution in [3.05, 3.63) is 59.3 Å². The lowest BCUT2D eigenvalue weighted by Gasteiger charge is -2.02. The molecular weight excluding hydrogens is 410 g/mol. The number of aromatic nitrogens is 4. The number of fused-ring (bicyclic) bond motifs is 4. The molecular formula is C19H11N5OS3. The molecule has 0 aliphatic rings. The third kappa shape index (κ3) is 2.82. The molecule has 6 nitrogen and oxygen atoms in total. The molecule has 1 N–H and O–H groups in total. The summed E-state index contributed by atoms with van der Waals surface area (Å²) < 4.78 is 4.08. The number of aliphatic hydroxyl groups excluding tert-OH is 1. The van der Waals surface area contributed by atoms with Crippen LogP contribution in [0, 0.1) is 11.3 Å². The van der Waals surface area contributed by atoms with E-state index in [9.17, 15) is 10.4 Å². The van der Waals surface area contributed by atoms with Crippen molar-refractivity contribution in [1.29, 1.82) is 5.26 Å². The summed E-state index contributed by atoms with van der Waals surface area (Å²) in [4.78, 5) is 5.27. The molecule has 0 amide bonds. The second-order valence-corrected chi connectivity index (χ2v) is 8.86. The fraction of sp³-hybridized carbons (Fsp3) is 0.0526. The summed E-state index contributed by atoms with van der Waals surface area (Å²) >= 11 is 4.31. The lowest BCUT2D eigenvalue weighted by Crippen LogP contribution is -1.94. The predicted molar refractivity (Wildman–Crippen MR) is 114 cm³/mol. The molecule has 0 aliphatic carbocycles. The lowest BCUT2D eigenvalue weighted by atomic mass is 10.2. The predicted octanol–water partition coefficient (Wildman–Crippen LogP) is 5.14. The van der Waals surface area contributed by atoms with E-state index < -0.39 is 0 Å². The van der Waals surface area contributed by atoms with Crippen LogP contribution in [-0.2, 0) is 0 Å². The highest BCUT2D eigenvalue weighted by Gasteiger charge is 2.17. The second-order valence-electron chi connectivity index (χ2n) is 5.88. The number of para-hydroxylation sites is 2. The SMILES string of the molecule is N#C/C(=C(/O)CSc1nnc2sc3ccccc3n12)c1nc2ccccc2s1. The maximum absolute atomic E-state index is 10.6. The van der Waals surface area contributed by atoms with E-state index in [4.69, 9.17) is 0 Å². The molecule has 5 aromatic rings. The molecule has 0 saturated carbocycles. The molecule has 0 atom stereocenters. The van der Waals surface area contributed by atoms with Crippen molar-refractivity contribution in [2.45, 2.75) is 5.16 Å². The minimum atomic E-state index is -0.0113. The quantitative estimate of drug-likeness (QED) is 0.246. The van der Waals surface area contributed by atoms with Crippen molar-refractivity contribution in [3.63, 3.8) is 0 Å². The maximum Gasteiger partial charge on any atom is 0.217 e. The van der Waals surface area contributed by atoms with E-state index in [1.54, 1.807) is 11.3 Å². The zero-order chi connectivity index (χ0) is 19.1. The molecule has 0 aliphatic heterocycles. The number of hydrogen-bond acceptors (Lipinski definition) is 8. The Hall–Kier alpha value is -2.93. The summed E-state index contributed by atoms with van der Waals surface area (Å²) in [6.45, 7) is 0. The Kier molecular flexibility index (Phi) is 4.24. The highest BCUT2D eigenvalue weighted by molar-refractivity contribution is 7.99. The molecule has 5 rings (SSSR count). The van der Waals surface area contributed by atoms with Crippen molar-refractivity contribution >= 4 is 65.4 Å². The van der Waals surface area contributed by atoms with Gasteiger partial charge in [-0.2, -0.15) is 5.26 Å². The number of hydrogen-bond donors (Lipinski definition) is 1. The van der Waals surface area contributed by atoms with Gasteiger partial charge in [0.2, 0.25) is 4.96 Å². The minimum absolute atomic E-state index is 0.0113. The van der Waals surface area contributed by atoms with Gasteiger partial charge in [0, 0.05) is 0 Å². The van der Waals surface area contributed by atoms with Gasteiger partial charge in [0.05, 0.1) is 26.2 Å². The highest BCUT2D eigenvalue weighted by atomic mass is 32.2. The van der Waals surface area contributed by atoms with Gasteiger partial charge in [-0.25, -0.2) is 4.98 Å². The van der Waals surface area contributed by atoms with E-state index in [0.717, 1.165) is 25.4 Å². The summed E-state index contributed by atoms with van der Waals surface area (Å²) in [7, 11) is 0. The Morgan fingerprint density at radius 2 is 1.86 bits per heavy atom. The maximum atomic E-state index is 10.6. The van der Waals surface area contributed by atoms with Gasteiger partial charge in [-0.15, -0.1) is 21.5 Å². The Morgan fingerprint density at radius 1 is 1.07 bits per heavy atom. The number of nitrogens with zero attached hydrogens (tertiary/aromatic N) is 5. The van der Waals surface area contributed by atoms with Crippen LogP contribution in [0.2, 0.25) is 0 Å². The molecule has 9 heteroatoms. The van der Waals surface area contributed by atoms with Gasteiger partial charge in [-0.3, -0.25) is 4.40 Å². The molecule has 0 spiro atoms. The standard InChI is InChI=1S/C19H11N5OS3/c20-9-11(17-21-12-5-1-3-7-15(12)27-17)14(25)10-26-18-22-23-19-24(18)13-6-2-4-8-16(13)28-19/h1-8,25H,10H2/b14-11-. The lowest BCUT2D eigenvalue weighted by molar-refractivity contribution is 0.420. The first kappa shape index (κ1) is 17.2. The molecule has 3 aromatic heterocycles. The number of rotatable bonds is 4. The van der Waals surface area contributed by atoms with Crippen LogP contribution in [0.25, 0.3) is 31.0 Å². The van der Waals surface area contributed by atoms with Gasteiger partial charge in [0.15, 0.2) is 5.16 Å². The van der Waals surface area contributed by atoms with Crippen molar-refractivity contribution in [2.24, 2.45) is 0 Å². The van der Waals surface area contributed by atoms with Gasteiger partial charge in [0.1, 0.15) is 22.4 Å². The molecule has 136 valence electrons. The second kappa shape index (κ2) is 6.91. The summed E-state index contributed by atoms with van der Waals surface area (Å²) in [5.41, 5.74) is 2.05. The van der Waals surface area contributed by atoms with Crippen LogP contribution >= 0.6 is 34.4 Å². The minimum Gasteiger partial charge on any atom is -0.510 e. The van der Waals surface area contributed by atoms with E-state index in [-0.39, 0.29) is 17.1 Å². The van der Waals surface area contributed by atoms with E-state index in [2.05, 4.69) is 21.3 Å². The largest absolute Gasteiger partial charge is 0.510 e. The van der Waals surface area contributed by atoms with Gasteiger partial charge in [-0.1, -0.05) is 47.4 Å². The van der Waals surface area contributed by atoms with Crippen LogP contribution in [0.15, 0.2) is 59.4 Å². The number of allylic oxidation sites excluding steroid dienone is 1. The fourth-order valence-electron chi connectivity index (χ4n) is 2.87. The highest BCUT2D eigenvalue weighted by Crippen LogP contribution is 2.32. The molecule has 0 fully saturated rings. The number of thioether (sulfide) groups is 1. The van der Waals surface area contributed by atoms with Crippen LogP contribution in [0.3, 0.4) is 0 Å². The fourth-order valence-corrected chi connectivity index (χ4v) is 5.70. The number of thiazole rings is 2. The molecule has 0 saturated heterocycles. The van der Waals surface area contributed by atoms with E-state index in [1.807, 2.05) is 52.9 Å². The Morgan fingerprint density at radius 3 is 2.68 bits per heavy atom. The van der Waals surface area contributed by atoms with Crippen LogP contribution in [-0.4, -0.2) is 30.4 Å². The Balaban J connectivity index is 1.48. The van der Waals surface area contributed by atoms with Crippen LogP contribution in [0.1, 0.15) is 5.01 Å². The Bertz CT molecular complexity index is 1370. The topological polar surface area (TPSA) is 87.1 Å². The molecule has 2 aromatic carbocycles. The van der Waals surface area contributed by atoms with Crippen LogP contribution < -0.4 is 0 Å². The van der Waals surface area contributed by atoms with Gasteiger partial charge in [0.25, 0.3) is 0 Å². The molecule has 0 bridgehead atoms.